The van der Waals surface area contributed by atoms with Crippen molar-refractivity contribution < 1.29 is 9.59 Å². The Kier molecular flexibility index (Phi) is 5.95. The number of primary amides is 1. The summed E-state index contributed by atoms with van der Waals surface area (Å²) in [6.07, 6.45) is 6.83. The van der Waals surface area contributed by atoms with Crippen molar-refractivity contribution in [3.63, 3.8) is 0 Å². The number of amides is 2. The first-order valence-corrected chi connectivity index (χ1v) is 12.1. The molecule has 32 heavy (non-hydrogen) atoms. The van der Waals surface area contributed by atoms with Gasteiger partial charge in [0.2, 0.25) is 5.91 Å². The number of benzene rings is 2. The summed E-state index contributed by atoms with van der Waals surface area (Å²) in [6, 6.07) is 14.6. The number of carbonyl (C=O) groups is 2. The van der Waals surface area contributed by atoms with Crippen LogP contribution in [0.3, 0.4) is 0 Å². The number of carbonyl (C=O) groups excluding carboxylic acids is 2. The molecule has 3 aliphatic rings. The Morgan fingerprint density at radius 2 is 1.66 bits per heavy atom. The van der Waals surface area contributed by atoms with E-state index in [1.165, 1.54) is 31.2 Å². The summed E-state index contributed by atoms with van der Waals surface area (Å²) in [6.45, 7) is 2.64. The van der Waals surface area contributed by atoms with Crippen molar-refractivity contribution in [1.29, 1.82) is 0 Å². The molecule has 2 heterocycles. The highest BCUT2D eigenvalue weighted by Crippen LogP contribution is 2.37. The Labute approximate surface area is 194 Å². The van der Waals surface area contributed by atoms with Crippen LogP contribution in [-0.2, 0) is 6.54 Å². The molecule has 2 N–H and O–H groups in total. The van der Waals surface area contributed by atoms with Crippen LogP contribution in [0, 0.1) is 0 Å². The number of nitrogens with two attached hydrogens (primary N) is 1. The lowest BCUT2D eigenvalue weighted by atomic mass is 9.81. The number of fused-ring (bicyclic) bond motifs is 1. The summed E-state index contributed by atoms with van der Waals surface area (Å²) in [5.74, 6) is 0.0535. The van der Waals surface area contributed by atoms with Gasteiger partial charge in [-0.1, -0.05) is 35.9 Å². The average Bonchev–Trinajstić information content (AvgIpc) is 3.16. The molecule has 5 rings (SSSR count). The van der Waals surface area contributed by atoms with E-state index in [1.807, 2.05) is 23.1 Å². The molecule has 0 radical (unpaired) electrons. The van der Waals surface area contributed by atoms with E-state index in [2.05, 4.69) is 23.1 Å². The summed E-state index contributed by atoms with van der Waals surface area (Å²) in [5.41, 5.74) is 8.67. The van der Waals surface area contributed by atoms with E-state index in [-0.39, 0.29) is 11.9 Å². The topological polar surface area (TPSA) is 66.6 Å². The third kappa shape index (κ3) is 4.04. The minimum Gasteiger partial charge on any atom is -0.366 e. The maximum atomic E-state index is 13.1. The maximum Gasteiger partial charge on any atom is 0.255 e. The molecule has 0 aromatic heterocycles. The van der Waals surface area contributed by atoms with Gasteiger partial charge in [0.15, 0.2) is 0 Å². The Bertz CT molecular complexity index is 1020. The van der Waals surface area contributed by atoms with Crippen LogP contribution in [0.25, 0.3) is 0 Å². The highest BCUT2D eigenvalue weighted by molar-refractivity contribution is 6.30. The van der Waals surface area contributed by atoms with Crippen molar-refractivity contribution in [3.05, 3.63) is 69.7 Å². The molecule has 1 saturated heterocycles. The van der Waals surface area contributed by atoms with Gasteiger partial charge in [0.05, 0.1) is 11.1 Å². The minimum absolute atomic E-state index is 0.0325. The normalized spacial score (nSPS) is 24.5. The standard InChI is InChI=1S/C26H30ClN3O2/c27-20-5-1-3-18(15-20)17-7-9-21(10-8-17)29-13-11-22(12-14-29)30-16-19-4-2-6-23(25(28)31)24(19)26(30)32/h1-6,15,17,21-22H,7-14,16H2,(H2,28,31)/t17-,21+. The predicted octanol–water partition coefficient (Wildman–Crippen LogP) is 4.59. The molecule has 1 saturated carbocycles. The SMILES string of the molecule is NC(=O)c1cccc2c1C(=O)N(C1CCN([C@H]3CC[C@@H](c4cccc(Cl)c4)CC3)CC1)C2. The van der Waals surface area contributed by atoms with E-state index in [4.69, 9.17) is 17.3 Å². The number of piperidine rings is 1. The number of halogens is 1. The molecule has 0 bridgehead atoms. The molecule has 0 spiro atoms. The van der Waals surface area contributed by atoms with Crippen LogP contribution in [-0.4, -0.2) is 46.8 Å². The zero-order valence-corrected chi connectivity index (χ0v) is 19.1. The van der Waals surface area contributed by atoms with Gasteiger partial charge in [-0.15, -0.1) is 0 Å². The van der Waals surface area contributed by atoms with E-state index >= 15 is 0 Å². The Morgan fingerprint density at radius 1 is 0.938 bits per heavy atom. The van der Waals surface area contributed by atoms with Crippen molar-refractivity contribution in [1.82, 2.24) is 9.80 Å². The summed E-state index contributed by atoms with van der Waals surface area (Å²) in [5, 5.41) is 0.827. The first-order chi connectivity index (χ1) is 15.5. The highest BCUT2D eigenvalue weighted by atomic mass is 35.5. The van der Waals surface area contributed by atoms with Crippen molar-refractivity contribution in [2.45, 2.75) is 63.1 Å². The van der Waals surface area contributed by atoms with Gasteiger partial charge < -0.3 is 15.5 Å². The van der Waals surface area contributed by atoms with E-state index in [0.29, 0.717) is 29.6 Å². The van der Waals surface area contributed by atoms with Crippen molar-refractivity contribution in [2.75, 3.05) is 13.1 Å². The summed E-state index contributed by atoms with van der Waals surface area (Å²) in [4.78, 5) is 29.5. The molecule has 5 nitrogen and oxygen atoms in total. The number of hydrogen-bond acceptors (Lipinski definition) is 3. The molecule has 2 aliphatic heterocycles. The van der Waals surface area contributed by atoms with Crippen molar-refractivity contribution in [3.8, 4) is 0 Å². The van der Waals surface area contributed by atoms with Crippen LogP contribution in [0.4, 0.5) is 0 Å². The molecule has 2 fully saturated rings. The fraction of sp³-hybridized carbons (Fsp3) is 0.462. The van der Waals surface area contributed by atoms with Gasteiger partial charge in [-0.25, -0.2) is 0 Å². The second-order valence-corrected chi connectivity index (χ2v) is 9.90. The summed E-state index contributed by atoms with van der Waals surface area (Å²) < 4.78 is 0. The fourth-order valence-corrected chi connectivity index (χ4v) is 6.18. The lowest BCUT2D eigenvalue weighted by Crippen LogP contribution is -2.49. The first kappa shape index (κ1) is 21.5. The molecule has 1 aliphatic carbocycles. The first-order valence-electron chi connectivity index (χ1n) is 11.7. The van der Waals surface area contributed by atoms with Gasteiger partial charge in [-0.3, -0.25) is 9.59 Å². The van der Waals surface area contributed by atoms with Gasteiger partial charge in [-0.05, 0) is 73.8 Å². The Balaban J connectivity index is 1.16. The van der Waals surface area contributed by atoms with Gasteiger partial charge in [-0.2, -0.15) is 0 Å². The van der Waals surface area contributed by atoms with Crippen LogP contribution in [0.2, 0.25) is 5.02 Å². The van der Waals surface area contributed by atoms with Crippen LogP contribution >= 0.6 is 11.6 Å². The monoisotopic (exact) mass is 451 g/mol. The molecule has 2 aromatic rings. The molecule has 2 amide bonds. The summed E-state index contributed by atoms with van der Waals surface area (Å²) in [7, 11) is 0. The van der Waals surface area contributed by atoms with E-state index in [0.717, 1.165) is 36.5 Å². The van der Waals surface area contributed by atoms with Crippen molar-refractivity contribution >= 4 is 23.4 Å². The average molecular weight is 452 g/mol. The lowest BCUT2D eigenvalue weighted by molar-refractivity contribution is 0.0498. The number of rotatable bonds is 4. The highest BCUT2D eigenvalue weighted by Gasteiger charge is 2.38. The van der Waals surface area contributed by atoms with E-state index in [1.54, 1.807) is 6.07 Å². The lowest BCUT2D eigenvalue weighted by Gasteiger charge is -2.42. The van der Waals surface area contributed by atoms with Gasteiger partial charge in [0.1, 0.15) is 0 Å². The Morgan fingerprint density at radius 3 is 2.34 bits per heavy atom. The van der Waals surface area contributed by atoms with Gasteiger partial charge in [0.25, 0.3) is 5.91 Å². The molecule has 0 atom stereocenters. The molecule has 0 unspecified atom stereocenters. The van der Waals surface area contributed by atoms with Crippen LogP contribution < -0.4 is 5.73 Å². The maximum absolute atomic E-state index is 13.1. The number of hydrogen-bond donors (Lipinski definition) is 1. The summed E-state index contributed by atoms with van der Waals surface area (Å²) >= 11 is 6.19. The third-order valence-corrected chi connectivity index (χ3v) is 7.94. The van der Waals surface area contributed by atoms with Crippen LogP contribution in [0.15, 0.2) is 42.5 Å². The Hall–Kier alpha value is -2.37. The molecule has 6 heteroatoms. The van der Waals surface area contributed by atoms with Crippen LogP contribution in [0.5, 0.6) is 0 Å². The van der Waals surface area contributed by atoms with E-state index in [9.17, 15) is 9.59 Å². The largest absolute Gasteiger partial charge is 0.366 e. The predicted molar refractivity (Wildman–Crippen MR) is 126 cm³/mol. The molecule has 168 valence electrons. The molecule has 2 aromatic carbocycles. The number of likely N-dealkylation sites (tertiary alicyclic amines) is 1. The second kappa shape index (κ2) is 8.87. The van der Waals surface area contributed by atoms with Gasteiger partial charge >= 0.3 is 0 Å². The van der Waals surface area contributed by atoms with Crippen molar-refractivity contribution in [2.24, 2.45) is 5.73 Å². The zero-order chi connectivity index (χ0) is 22.2. The molecular formula is C26H30ClN3O2. The van der Waals surface area contributed by atoms with Crippen LogP contribution in [0.1, 0.15) is 76.3 Å². The quantitative estimate of drug-likeness (QED) is 0.739. The number of nitrogens with zero attached hydrogens (tertiary/aromatic N) is 2. The van der Waals surface area contributed by atoms with E-state index < -0.39 is 5.91 Å². The third-order valence-electron chi connectivity index (χ3n) is 7.70. The second-order valence-electron chi connectivity index (χ2n) is 9.46. The smallest absolute Gasteiger partial charge is 0.255 e. The zero-order valence-electron chi connectivity index (χ0n) is 18.3. The minimum atomic E-state index is -0.528. The fourth-order valence-electron chi connectivity index (χ4n) is 5.98. The van der Waals surface area contributed by atoms with Gasteiger partial charge in [0, 0.05) is 36.7 Å². The molecular weight excluding hydrogens is 422 g/mol.